The van der Waals surface area contributed by atoms with E-state index in [-0.39, 0.29) is 18.8 Å². The highest BCUT2D eigenvalue weighted by Gasteiger charge is 2.47. The first-order valence-corrected chi connectivity index (χ1v) is 6.85. The minimum absolute atomic E-state index is 0.000536. The lowest BCUT2D eigenvalue weighted by Crippen LogP contribution is -2.40. The van der Waals surface area contributed by atoms with E-state index in [1.54, 1.807) is 0 Å². The van der Waals surface area contributed by atoms with E-state index in [1.807, 2.05) is 0 Å². The van der Waals surface area contributed by atoms with Crippen molar-refractivity contribution in [2.45, 2.75) is 18.2 Å². The number of rotatable bonds is 4. The van der Waals surface area contributed by atoms with Crippen LogP contribution in [-0.2, 0) is 11.3 Å². The van der Waals surface area contributed by atoms with Crippen LogP contribution < -0.4 is 10.9 Å². The summed E-state index contributed by atoms with van der Waals surface area (Å²) in [5.41, 5.74) is -1.94. The molecule has 1 aromatic heterocycles. The lowest BCUT2D eigenvalue weighted by Gasteiger charge is -2.15. The summed E-state index contributed by atoms with van der Waals surface area (Å²) in [5.74, 6) is -1.68. The highest BCUT2D eigenvalue weighted by atomic mass is 35.5. The van der Waals surface area contributed by atoms with Crippen LogP contribution in [0.3, 0.4) is 0 Å². The lowest BCUT2D eigenvalue weighted by atomic mass is 10.2. The molecular formula is C12H14ClF2N4O3+. The van der Waals surface area contributed by atoms with Crippen molar-refractivity contribution in [1.82, 2.24) is 9.47 Å². The molecule has 1 aliphatic rings. The monoisotopic (exact) mass is 335 g/mol. The Hall–Kier alpha value is -1.87. The second kappa shape index (κ2) is 6.49. The van der Waals surface area contributed by atoms with Crippen LogP contribution >= 0.6 is 11.6 Å². The van der Waals surface area contributed by atoms with Gasteiger partial charge in [0.2, 0.25) is 12.5 Å². The summed E-state index contributed by atoms with van der Waals surface area (Å²) in [6.07, 6.45) is 1.14. The number of pyridine rings is 1. The summed E-state index contributed by atoms with van der Waals surface area (Å²) in [6, 6.07) is 0.0291. The van der Waals surface area contributed by atoms with E-state index in [9.17, 15) is 23.3 Å². The Bertz CT molecular complexity index is 666. The molecule has 1 aromatic rings. The molecule has 120 valence electrons. The zero-order valence-electron chi connectivity index (χ0n) is 11.6. The molecule has 0 saturated carbocycles. The summed E-state index contributed by atoms with van der Waals surface area (Å²) in [6.45, 7) is -1.30. The third-order valence-electron chi connectivity index (χ3n) is 3.36. The SMILES string of the molecule is CN1C(C(=O)Nc2cc(F)c(=O)n(CCF)c2)C[N+](=O)C1Cl. The summed E-state index contributed by atoms with van der Waals surface area (Å²) in [4.78, 5) is 36.3. The van der Waals surface area contributed by atoms with Gasteiger partial charge in [0.05, 0.1) is 12.2 Å². The molecular weight excluding hydrogens is 322 g/mol. The Labute approximate surface area is 129 Å². The zero-order chi connectivity index (χ0) is 16.4. The summed E-state index contributed by atoms with van der Waals surface area (Å²) < 4.78 is 27.2. The summed E-state index contributed by atoms with van der Waals surface area (Å²) in [7, 11) is 1.50. The fraction of sp³-hybridized carbons (Fsp3) is 0.500. The van der Waals surface area contributed by atoms with Crippen LogP contribution in [0.25, 0.3) is 0 Å². The van der Waals surface area contributed by atoms with Crippen LogP contribution in [0.4, 0.5) is 14.5 Å². The molecule has 1 amide bonds. The fourth-order valence-electron chi connectivity index (χ4n) is 2.16. The van der Waals surface area contributed by atoms with Gasteiger partial charge in [-0.05, 0) is 18.6 Å². The number of carbonyl (C=O) groups excluding carboxylic acids is 1. The van der Waals surface area contributed by atoms with Crippen LogP contribution in [0.2, 0.25) is 0 Å². The summed E-state index contributed by atoms with van der Waals surface area (Å²) >= 11 is 5.78. The quantitative estimate of drug-likeness (QED) is 0.494. The largest absolute Gasteiger partial charge is 0.335 e. The number of nitrogens with one attached hydrogen (secondary N) is 1. The zero-order valence-corrected chi connectivity index (χ0v) is 12.4. The smallest absolute Gasteiger partial charge is 0.323 e. The first-order chi connectivity index (χ1) is 10.3. The molecule has 22 heavy (non-hydrogen) atoms. The average Bonchev–Trinajstić information content (AvgIpc) is 2.72. The van der Waals surface area contributed by atoms with Gasteiger partial charge in [-0.1, -0.05) is 0 Å². The normalized spacial score (nSPS) is 22.1. The number of aromatic nitrogens is 1. The van der Waals surface area contributed by atoms with Crippen LogP contribution in [0.15, 0.2) is 17.1 Å². The van der Waals surface area contributed by atoms with E-state index in [4.69, 9.17) is 11.6 Å². The number of carbonyl (C=O) groups is 1. The fourth-order valence-corrected chi connectivity index (χ4v) is 2.37. The van der Waals surface area contributed by atoms with E-state index >= 15 is 0 Å². The Kier molecular flexibility index (Phi) is 4.87. The van der Waals surface area contributed by atoms with Gasteiger partial charge in [0.25, 0.3) is 5.56 Å². The number of nitrogens with zero attached hydrogens (tertiary/aromatic N) is 3. The second-order valence-electron chi connectivity index (χ2n) is 4.85. The Balaban J connectivity index is 2.19. The molecule has 0 bridgehead atoms. The molecule has 1 N–H and O–H groups in total. The van der Waals surface area contributed by atoms with Crippen molar-refractivity contribution in [3.8, 4) is 0 Å². The topological polar surface area (TPSA) is 74.4 Å². The number of nitroso groups, excluding NO2 is 1. The first kappa shape index (κ1) is 16.5. The predicted molar refractivity (Wildman–Crippen MR) is 75.0 cm³/mol. The Morgan fingerprint density at radius 1 is 1.59 bits per heavy atom. The number of alkyl halides is 2. The standard InChI is InChI=1S/C12H13ClF2N4O3/c1-17-9(6-19(22)12(17)13)10(20)16-7-4-8(15)11(21)18(5-7)3-2-14/h4-5,9,12H,2-3,6H2,1H3/p+1. The maximum atomic E-state index is 13.5. The minimum Gasteiger partial charge on any atom is -0.323 e. The minimum atomic E-state index is -1.10. The lowest BCUT2D eigenvalue weighted by molar-refractivity contribution is -0.553. The third-order valence-corrected chi connectivity index (χ3v) is 3.88. The number of hydrogen-bond donors (Lipinski definition) is 1. The number of hydrogen-bond acceptors (Lipinski definition) is 4. The highest BCUT2D eigenvalue weighted by Crippen LogP contribution is 2.18. The van der Waals surface area contributed by atoms with Gasteiger partial charge in [-0.25, -0.2) is 13.7 Å². The van der Waals surface area contributed by atoms with Gasteiger partial charge in [-0.2, -0.15) is 0 Å². The third kappa shape index (κ3) is 3.14. The number of halogens is 3. The molecule has 1 aliphatic heterocycles. The van der Waals surface area contributed by atoms with Crippen LogP contribution in [-0.4, -0.2) is 52.1 Å². The molecule has 10 heteroatoms. The van der Waals surface area contributed by atoms with E-state index in [0.717, 1.165) is 16.8 Å². The first-order valence-electron chi connectivity index (χ1n) is 6.41. The van der Waals surface area contributed by atoms with Crippen molar-refractivity contribution in [2.24, 2.45) is 0 Å². The van der Waals surface area contributed by atoms with E-state index in [1.165, 1.54) is 11.9 Å². The Morgan fingerprint density at radius 3 is 2.82 bits per heavy atom. The maximum Gasteiger partial charge on any atom is 0.335 e. The van der Waals surface area contributed by atoms with Crippen molar-refractivity contribution < 1.29 is 18.3 Å². The molecule has 0 spiro atoms. The van der Waals surface area contributed by atoms with Crippen LogP contribution in [0, 0.1) is 10.7 Å². The average molecular weight is 336 g/mol. The van der Waals surface area contributed by atoms with Crippen molar-refractivity contribution in [3.63, 3.8) is 0 Å². The van der Waals surface area contributed by atoms with E-state index in [2.05, 4.69) is 5.32 Å². The molecule has 2 rings (SSSR count). The molecule has 2 heterocycles. The highest BCUT2D eigenvalue weighted by molar-refractivity contribution is 6.19. The number of aryl methyl sites for hydroxylation is 1. The van der Waals surface area contributed by atoms with E-state index in [0.29, 0.717) is 4.76 Å². The second-order valence-corrected chi connectivity index (χ2v) is 5.24. The van der Waals surface area contributed by atoms with Crippen molar-refractivity contribution in [3.05, 3.63) is 33.3 Å². The molecule has 1 fully saturated rings. The maximum absolute atomic E-state index is 13.5. The van der Waals surface area contributed by atoms with Crippen molar-refractivity contribution in [1.29, 1.82) is 0 Å². The van der Waals surface area contributed by atoms with Gasteiger partial charge in [0, 0.05) is 21.9 Å². The molecule has 2 unspecified atom stereocenters. The summed E-state index contributed by atoms with van der Waals surface area (Å²) in [5, 5.41) is 2.40. The number of anilines is 1. The molecule has 1 saturated heterocycles. The number of likely N-dealkylation sites (N-methyl/N-ethyl adjacent to an activating group) is 1. The van der Waals surface area contributed by atoms with Gasteiger partial charge in [-0.3, -0.25) is 9.59 Å². The van der Waals surface area contributed by atoms with Crippen LogP contribution in [0.1, 0.15) is 0 Å². The molecule has 0 radical (unpaired) electrons. The van der Waals surface area contributed by atoms with Crippen LogP contribution in [0.5, 0.6) is 0 Å². The van der Waals surface area contributed by atoms with Gasteiger partial charge >= 0.3 is 5.62 Å². The predicted octanol–water partition coefficient (Wildman–Crippen LogP) is 0.511. The molecule has 0 aromatic carbocycles. The molecule has 7 nitrogen and oxygen atoms in total. The Morgan fingerprint density at radius 2 is 2.27 bits per heavy atom. The van der Waals surface area contributed by atoms with Gasteiger partial charge in [0.15, 0.2) is 11.9 Å². The van der Waals surface area contributed by atoms with Crippen molar-refractivity contribution in [2.75, 3.05) is 25.6 Å². The van der Waals surface area contributed by atoms with E-state index < -0.39 is 35.6 Å². The van der Waals surface area contributed by atoms with Gasteiger partial charge < -0.3 is 9.88 Å². The van der Waals surface area contributed by atoms with Crippen molar-refractivity contribution >= 4 is 23.2 Å². The van der Waals surface area contributed by atoms with Gasteiger partial charge in [0.1, 0.15) is 6.67 Å². The van der Waals surface area contributed by atoms with Gasteiger partial charge in [-0.15, -0.1) is 0 Å². The number of amides is 1. The molecule has 0 aliphatic carbocycles. The molecule has 2 atom stereocenters.